The summed E-state index contributed by atoms with van der Waals surface area (Å²) in [7, 11) is -2.46. The van der Waals surface area contributed by atoms with Crippen molar-refractivity contribution in [3.05, 3.63) is 42.4 Å². The number of esters is 1. The van der Waals surface area contributed by atoms with E-state index in [-0.39, 0.29) is 24.7 Å². The van der Waals surface area contributed by atoms with Gasteiger partial charge in [0, 0.05) is 0 Å². The number of methoxy groups -OCH3 is 1. The van der Waals surface area contributed by atoms with Crippen molar-refractivity contribution in [1.29, 1.82) is 0 Å². The molecule has 0 radical (unpaired) electrons. The van der Waals surface area contributed by atoms with Crippen LogP contribution in [0.25, 0.3) is 0 Å². The third kappa shape index (κ3) is 7.93. The molecule has 188 valence electrons. The molecule has 1 saturated heterocycles. The molecule has 1 amide bonds. The first-order chi connectivity index (χ1) is 16.2. The molecule has 2 heterocycles. The van der Waals surface area contributed by atoms with Crippen molar-refractivity contribution < 1.29 is 38.1 Å². The lowest BCUT2D eigenvalue weighted by Gasteiger charge is -2.19. The summed E-state index contributed by atoms with van der Waals surface area (Å²) < 4.78 is 22.9. The normalized spacial score (nSPS) is 18.9. The van der Waals surface area contributed by atoms with Crippen LogP contribution in [0.3, 0.4) is 0 Å². The number of aromatic nitrogens is 2. The van der Waals surface area contributed by atoms with Crippen molar-refractivity contribution in [2.45, 2.75) is 45.4 Å². The van der Waals surface area contributed by atoms with Crippen molar-refractivity contribution >= 4 is 20.0 Å². The number of nitrogens with two attached hydrogens (primary N) is 1. The molecule has 13 heteroatoms. The van der Waals surface area contributed by atoms with Crippen LogP contribution in [0.5, 0.6) is 11.6 Å². The molecular weight excluding hydrogens is 467 g/mol. The number of hydrogen-bond donors (Lipinski definition) is 4. The van der Waals surface area contributed by atoms with Crippen LogP contribution in [0.2, 0.25) is 0 Å². The summed E-state index contributed by atoms with van der Waals surface area (Å²) in [6, 6.07) is 8.50. The first kappa shape index (κ1) is 27.5. The van der Waals surface area contributed by atoms with Crippen LogP contribution < -0.4 is 15.3 Å². The molecule has 34 heavy (non-hydrogen) atoms. The van der Waals surface area contributed by atoms with Crippen LogP contribution >= 0.6 is 8.09 Å². The average molecular weight is 499 g/mol. The fraction of sp³-hybridized carbons (Fsp3) is 0.476. The van der Waals surface area contributed by atoms with Gasteiger partial charge in [-0.2, -0.15) is 9.42 Å². The highest BCUT2D eigenvalue weighted by Crippen LogP contribution is 2.52. The number of imidazole rings is 1. The molecule has 1 aliphatic rings. The van der Waals surface area contributed by atoms with E-state index in [2.05, 4.69) is 28.7 Å². The number of amides is 1. The minimum atomic E-state index is -3.68. The number of ether oxygens (including phenoxy) is 2. The lowest BCUT2D eigenvalue weighted by atomic mass is 10.2. The maximum absolute atomic E-state index is 11.5. The summed E-state index contributed by atoms with van der Waals surface area (Å²) in [4.78, 5) is 37.4. The fourth-order valence-electron chi connectivity index (χ4n) is 2.90. The van der Waals surface area contributed by atoms with Crippen LogP contribution in [-0.4, -0.2) is 57.8 Å². The first-order valence-corrected chi connectivity index (χ1v) is 12.3. The van der Waals surface area contributed by atoms with E-state index in [9.17, 15) is 19.6 Å². The molecule has 0 spiro atoms. The second-order valence-corrected chi connectivity index (χ2v) is 9.11. The molecule has 1 aromatic heterocycles. The van der Waals surface area contributed by atoms with Gasteiger partial charge in [0.05, 0.1) is 13.2 Å². The van der Waals surface area contributed by atoms with Crippen molar-refractivity contribution in [3.8, 4) is 11.6 Å². The summed E-state index contributed by atoms with van der Waals surface area (Å²) in [5.74, 6) is -1.48. The van der Waals surface area contributed by atoms with E-state index in [4.69, 9.17) is 19.5 Å². The zero-order chi connectivity index (χ0) is 25.1. The summed E-state index contributed by atoms with van der Waals surface area (Å²) >= 11 is 0. The Balaban J connectivity index is 0.00000129. The lowest BCUT2D eigenvalue weighted by molar-refractivity contribution is -0.139. The van der Waals surface area contributed by atoms with Gasteiger partial charge < -0.3 is 20.3 Å². The van der Waals surface area contributed by atoms with Gasteiger partial charge in [-0.3, -0.25) is 18.7 Å². The van der Waals surface area contributed by atoms with Crippen LogP contribution in [-0.2, 0) is 18.8 Å². The third-order valence-electron chi connectivity index (χ3n) is 4.46. The Morgan fingerprint density at radius 2 is 1.97 bits per heavy atom. The SMILES string of the molecule is CCC.COC(=O)CN[P+](O)(OCC1CCC(n2cnc(C(N)=O)c2O)O1)Oc1ccccc1. The zero-order valence-corrected chi connectivity index (χ0v) is 20.3. The molecule has 0 aliphatic carbocycles. The van der Waals surface area contributed by atoms with E-state index in [1.54, 1.807) is 30.3 Å². The predicted octanol–water partition coefficient (Wildman–Crippen LogP) is 2.31. The number of carbonyl (C=O) groups excluding carboxylic acids is 2. The highest BCUT2D eigenvalue weighted by atomic mass is 31.2. The third-order valence-corrected chi connectivity index (χ3v) is 5.97. The minimum absolute atomic E-state index is 0.0556. The maximum Gasteiger partial charge on any atom is 0.544 e. The molecular formula is C21H32N4O8P+. The van der Waals surface area contributed by atoms with Crippen LogP contribution in [0, 0.1) is 0 Å². The van der Waals surface area contributed by atoms with Crippen LogP contribution in [0.4, 0.5) is 0 Å². The van der Waals surface area contributed by atoms with Gasteiger partial charge in [-0.15, -0.1) is 0 Å². The molecule has 1 aromatic carbocycles. The smallest absolute Gasteiger partial charge is 0.493 e. The minimum Gasteiger partial charge on any atom is -0.493 e. The molecule has 12 nitrogen and oxygen atoms in total. The highest BCUT2D eigenvalue weighted by Gasteiger charge is 2.45. The molecule has 0 saturated carbocycles. The number of hydrogen-bond acceptors (Lipinski definition) is 10. The molecule has 1 fully saturated rings. The van der Waals surface area contributed by atoms with E-state index in [1.807, 2.05) is 0 Å². The summed E-state index contributed by atoms with van der Waals surface area (Å²) in [5.41, 5.74) is 4.92. The number of carbonyl (C=O) groups is 2. The molecule has 0 bridgehead atoms. The number of para-hydroxylation sites is 1. The molecule has 3 unspecified atom stereocenters. The number of rotatable bonds is 10. The van der Waals surface area contributed by atoms with Gasteiger partial charge in [0.2, 0.25) is 5.88 Å². The zero-order valence-electron chi connectivity index (χ0n) is 19.4. The Kier molecular flexibility index (Phi) is 10.7. The standard InChI is InChI=1S/C18H23N4O8P.C3H8/c1-27-15(23)9-21-31(26,30-12-5-3-2-4-6-12)28-10-13-7-8-14(29-13)22-11-20-16(17(19)24)18(22)25;1-3-2/h2-6,11,13-14,21,26H,7-10H2,1H3,(H2-,19,24,25);3H2,1-2H3/p+1. The Bertz CT molecular complexity index is 929. The van der Waals surface area contributed by atoms with Crippen LogP contribution in [0.15, 0.2) is 36.7 Å². The Hall–Kier alpha value is -2.76. The summed E-state index contributed by atoms with van der Waals surface area (Å²) in [6.45, 7) is 3.88. The van der Waals surface area contributed by atoms with E-state index in [1.165, 1.54) is 24.4 Å². The second kappa shape index (κ2) is 13.2. The fourth-order valence-corrected chi connectivity index (χ4v) is 4.22. The van der Waals surface area contributed by atoms with Gasteiger partial charge in [0.15, 0.2) is 11.4 Å². The topological polar surface area (TPSA) is 167 Å². The maximum atomic E-state index is 11.5. The largest absolute Gasteiger partial charge is 0.544 e. The summed E-state index contributed by atoms with van der Waals surface area (Å²) in [5, 5.41) is 12.7. The molecule has 1 aliphatic heterocycles. The van der Waals surface area contributed by atoms with Gasteiger partial charge in [0.1, 0.15) is 25.7 Å². The number of nitrogens with zero attached hydrogens (tertiary/aromatic N) is 2. The second-order valence-electron chi connectivity index (χ2n) is 7.32. The Morgan fingerprint density at radius 1 is 1.29 bits per heavy atom. The molecule has 3 atom stereocenters. The van der Waals surface area contributed by atoms with E-state index in [0.29, 0.717) is 18.6 Å². The van der Waals surface area contributed by atoms with Crippen molar-refractivity contribution in [2.24, 2.45) is 5.73 Å². The van der Waals surface area contributed by atoms with Gasteiger partial charge in [-0.05, 0) is 25.0 Å². The van der Waals surface area contributed by atoms with E-state index in [0.717, 1.165) is 0 Å². The Labute approximate surface area is 198 Å². The summed E-state index contributed by atoms with van der Waals surface area (Å²) in [6.07, 6.45) is 2.52. The lowest BCUT2D eigenvalue weighted by Crippen LogP contribution is -2.30. The van der Waals surface area contributed by atoms with Crippen molar-refractivity contribution in [1.82, 2.24) is 14.6 Å². The number of nitrogens with one attached hydrogen (secondary N) is 1. The Morgan fingerprint density at radius 3 is 2.56 bits per heavy atom. The average Bonchev–Trinajstić information content (AvgIpc) is 3.44. The number of primary amides is 1. The van der Waals surface area contributed by atoms with Gasteiger partial charge in [-0.1, -0.05) is 43.6 Å². The predicted molar refractivity (Wildman–Crippen MR) is 124 cm³/mol. The van der Waals surface area contributed by atoms with Crippen molar-refractivity contribution in [2.75, 3.05) is 20.3 Å². The molecule has 5 N–H and O–H groups in total. The van der Waals surface area contributed by atoms with Gasteiger partial charge >= 0.3 is 14.1 Å². The van der Waals surface area contributed by atoms with Crippen molar-refractivity contribution in [3.63, 3.8) is 0 Å². The first-order valence-electron chi connectivity index (χ1n) is 10.8. The quantitative estimate of drug-likeness (QED) is 0.281. The van der Waals surface area contributed by atoms with Gasteiger partial charge in [0.25, 0.3) is 5.91 Å². The molecule has 2 aromatic rings. The number of benzene rings is 1. The monoisotopic (exact) mass is 499 g/mol. The van der Waals surface area contributed by atoms with E-state index >= 15 is 0 Å². The number of aromatic hydroxyl groups is 1. The van der Waals surface area contributed by atoms with E-state index < -0.39 is 32.3 Å². The highest BCUT2D eigenvalue weighted by molar-refractivity contribution is 7.58. The van der Waals surface area contributed by atoms with Crippen LogP contribution in [0.1, 0.15) is 49.8 Å². The van der Waals surface area contributed by atoms with Gasteiger partial charge in [-0.25, -0.2) is 4.98 Å². The molecule has 3 rings (SSSR count).